The fourth-order valence-corrected chi connectivity index (χ4v) is 0.992. The van der Waals surface area contributed by atoms with Crippen LogP contribution >= 0.6 is 11.6 Å². The molecule has 0 saturated heterocycles. The molecule has 2 N–H and O–H groups in total. The molecule has 0 aromatic carbocycles. The van der Waals surface area contributed by atoms with Crippen molar-refractivity contribution in [1.82, 2.24) is 9.97 Å². The lowest BCUT2D eigenvalue weighted by Crippen LogP contribution is -2.05. The SMILES string of the molecule is CCc1ncnc(ON)c1Cl. The average molecular weight is 174 g/mol. The molecule has 0 radical (unpaired) electrons. The van der Waals surface area contributed by atoms with E-state index in [9.17, 15) is 0 Å². The Balaban J connectivity index is 3.10. The molecule has 0 amide bonds. The van der Waals surface area contributed by atoms with Gasteiger partial charge in [-0.25, -0.2) is 4.98 Å². The van der Waals surface area contributed by atoms with E-state index in [4.69, 9.17) is 17.5 Å². The molecule has 0 spiro atoms. The van der Waals surface area contributed by atoms with Crippen molar-refractivity contribution < 1.29 is 4.84 Å². The molecule has 0 bridgehead atoms. The van der Waals surface area contributed by atoms with Gasteiger partial charge in [-0.15, -0.1) is 0 Å². The molecule has 0 aliphatic carbocycles. The molecule has 0 saturated carbocycles. The van der Waals surface area contributed by atoms with Crippen molar-refractivity contribution in [2.24, 2.45) is 5.90 Å². The Morgan fingerprint density at radius 2 is 2.36 bits per heavy atom. The van der Waals surface area contributed by atoms with E-state index in [1.807, 2.05) is 6.92 Å². The van der Waals surface area contributed by atoms with Gasteiger partial charge in [0, 0.05) is 0 Å². The third-order valence-corrected chi connectivity index (χ3v) is 1.66. The maximum atomic E-state index is 5.78. The molecule has 0 aliphatic rings. The quantitative estimate of drug-likeness (QED) is 0.677. The molecular formula is C6H8ClN3O. The Morgan fingerprint density at radius 1 is 1.64 bits per heavy atom. The van der Waals surface area contributed by atoms with E-state index in [1.165, 1.54) is 6.33 Å². The Bertz CT molecular complexity index is 231. The molecule has 11 heavy (non-hydrogen) atoms. The lowest BCUT2D eigenvalue weighted by Gasteiger charge is -2.02. The summed E-state index contributed by atoms with van der Waals surface area (Å²) in [7, 11) is 0. The lowest BCUT2D eigenvalue weighted by atomic mass is 10.3. The van der Waals surface area contributed by atoms with Crippen molar-refractivity contribution in [1.29, 1.82) is 0 Å². The Morgan fingerprint density at radius 3 is 2.91 bits per heavy atom. The van der Waals surface area contributed by atoms with Crippen LogP contribution in [0.2, 0.25) is 5.02 Å². The monoisotopic (exact) mass is 173 g/mol. The minimum absolute atomic E-state index is 0.221. The van der Waals surface area contributed by atoms with E-state index < -0.39 is 0 Å². The zero-order valence-electron chi connectivity index (χ0n) is 6.04. The summed E-state index contributed by atoms with van der Waals surface area (Å²) in [5.41, 5.74) is 0.738. The fraction of sp³-hybridized carbons (Fsp3) is 0.333. The highest BCUT2D eigenvalue weighted by Crippen LogP contribution is 2.22. The third-order valence-electron chi connectivity index (χ3n) is 1.28. The molecule has 1 rings (SSSR count). The molecule has 0 fully saturated rings. The van der Waals surface area contributed by atoms with Gasteiger partial charge in [-0.05, 0) is 6.42 Å². The van der Waals surface area contributed by atoms with Crippen LogP contribution in [0.25, 0.3) is 0 Å². The number of nitrogens with zero attached hydrogens (tertiary/aromatic N) is 2. The number of aromatic nitrogens is 2. The van der Waals surface area contributed by atoms with E-state index in [0.29, 0.717) is 5.02 Å². The standard InChI is InChI=1S/C6H8ClN3O/c1-2-4-5(7)6(11-8)10-3-9-4/h3H,2,8H2,1H3. The van der Waals surface area contributed by atoms with Crippen molar-refractivity contribution in [3.8, 4) is 5.88 Å². The van der Waals surface area contributed by atoms with Crippen LogP contribution in [0.1, 0.15) is 12.6 Å². The molecule has 0 atom stereocenters. The van der Waals surface area contributed by atoms with Crippen LogP contribution in [0.15, 0.2) is 6.33 Å². The van der Waals surface area contributed by atoms with Crippen LogP contribution in [-0.2, 0) is 6.42 Å². The molecule has 1 heterocycles. The Labute approximate surface area is 69.3 Å². The summed E-state index contributed by atoms with van der Waals surface area (Å²) >= 11 is 5.78. The van der Waals surface area contributed by atoms with Crippen molar-refractivity contribution in [2.75, 3.05) is 0 Å². The smallest absolute Gasteiger partial charge is 0.259 e. The first-order valence-corrected chi connectivity index (χ1v) is 3.53. The molecular weight excluding hydrogens is 166 g/mol. The van der Waals surface area contributed by atoms with Crippen molar-refractivity contribution >= 4 is 11.6 Å². The highest BCUT2D eigenvalue weighted by atomic mass is 35.5. The normalized spacial score (nSPS) is 9.73. The van der Waals surface area contributed by atoms with Crippen molar-refractivity contribution in [3.63, 3.8) is 0 Å². The Kier molecular flexibility index (Phi) is 2.62. The summed E-state index contributed by atoms with van der Waals surface area (Å²) in [6.07, 6.45) is 2.10. The number of rotatable bonds is 2. The third kappa shape index (κ3) is 1.58. The fourth-order valence-electron chi connectivity index (χ4n) is 0.716. The minimum atomic E-state index is 0.221. The average Bonchev–Trinajstić information content (AvgIpc) is 2.05. The predicted molar refractivity (Wildman–Crippen MR) is 41.2 cm³/mol. The molecule has 0 aliphatic heterocycles. The van der Waals surface area contributed by atoms with Crippen LogP contribution in [0, 0.1) is 0 Å². The van der Waals surface area contributed by atoms with Gasteiger partial charge in [0.2, 0.25) is 0 Å². The minimum Gasteiger partial charge on any atom is -0.389 e. The van der Waals surface area contributed by atoms with Gasteiger partial charge in [-0.2, -0.15) is 10.9 Å². The zero-order valence-corrected chi connectivity index (χ0v) is 6.80. The van der Waals surface area contributed by atoms with Crippen molar-refractivity contribution in [2.45, 2.75) is 13.3 Å². The topological polar surface area (TPSA) is 61.0 Å². The van der Waals surface area contributed by atoms with Gasteiger partial charge in [0.25, 0.3) is 5.88 Å². The van der Waals surface area contributed by atoms with Crippen LogP contribution in [0.5, 0.6) is 5.88 Å². The van der Waals surface area contributed by atoms with Gasteiger partial charge in [-0.1, -0.05) is 18.5 Å². The number of halogens is 1. The molecule has 5 heteroatoms. The van der Waals surface area contributed by atoms with Crippen molar-refractivity contribution in [3.05, 3.63) is 17.0 Å². The van der Waals surface area contributed by atoms with E-state index in [1.54, 1.807) is 0 Å². The van der Waals surface area contributed by atoms with Gasteiger partial charge < -0.3 is 4.84 Å². The van der Waals surface area contributed by atoms with Gasteiger partial charge in [0.05, 0.1) is 5.69 Å². The lowest BCUT2D eigenvalue weighted by molar-refractivity contribution is 0.319. The number of aryl methyl sites for hydroxylation is 1. The second-order valence-electron chi connectivity index (χ2n) is 1.91. The van der Waals surface area contributed by atoms with Gasteiger partial charge in [0.1, 0.15) is 11.3 Å². The molecule has 0 unspecified atom stereocenters. The highest BCUT2D eigenvalue weighted by molar-refractivity contribution is 6.32. The summed E-state index contributed by atoms with van der Waals surface area (Å²) in [6.45, 7) is 1.94. The van der Waals surface area contributed by atoms with Crippen LogP contribution < -0.4 is 10.7 Å². The first-order valence-electron chi connectivity index (χ1n) is 3.15. The summed E-state index contributed by atoms with van der Waals surface area (Å²) < 4.78 is 0. The van der Waals surface area contributed by atoms with E-state index in [2.05, 4.69) is 14.8 Å². The summed E-state index contributed by atoms with van der Waals surface area (Å²) in [5, 5.41) is 0.387. The molecule has 4 nitrogen and oxygen atoms in total. The summed E-state index contributed by atoms with van der Waals surface area (Å²) in [4.78, 5) is 12.0. The second-order valence-corrected chi connectivity index (χ2v) is 2.29. The van der Waals surface area contributed by atoms with E-state index in [0.717, 1.165) is 12.1 Å². The van der Waals surface area contributed by atoms with Crippen LogP contribution in [-0.4, -0.2) is 9.97 Å². The molecule has 1 aromatic heterocycles. The first kappa shape index (κ1) is 8.23. The largest absolute Gasteiger partial charge is 0.389 e. The van der Waals surface area contributed by atoms with Gasteiger partial charge in [0.15, 0.2) is 0 Å². The number of hydrogen-bond acceptors (Lipinski definition) is 4. The second kappa shape index (κ2) is 3.50. The van der Waals surface area contributed by atoms with Gasteiger partial charge in [-0.3, -0.25) is 0 Å². The van der Waals surface area contributed by atoms with E-state index in [-0.39, 0.29) is 5.88 Å². The van der Waals surface area contributed by atoms with Crippen LogP contribution in [0.4, 0.5) is 0 Å². The summed E-state index contributed by atoms with van der Waals surface area (Å²) in [5.74, 6) is 5.12. The van der Waals surface area contributed by atoms with E-state index >= 15 is 0 Å². The number of nitrogens with two attached hydrogens (primary N) is 1. The van der Waals surface area contributed by atoms with Gasteiger partial charge >= 0.3 is 0 Å². The van der Waals surface area contributed by atoms with Crippen LogP contribution in [0.3, 0.4) is 0 Å². The molecule has 1 aromatic rings. The molecule has 60 valence electrons. The maximum absolute atomic E-state index is 5.78. The summed E-state index contributed by atoms with van der Waals surface area (Å²) in [6, 6.07) is 0. The zero-order chi connectivity index (χ0) is 8.27. The highest BCUT2D eigenvalue weighted by Gasteiger charge is 2.06. The predicted octanol–water partition coefficient (Wildman–Crippen LogP) is 0.945. The Hall–Kier alpha value is -0.870. The first-order chi connectivity index (χ1) is 5.29. The number of hydrogen-bond donors (Lipinski definition) is 1. The maximum Gasteiger partial charge on any atom is 0.259 e.